The van der Waals surface area contributed by atoms with Crippen LogP contribution >= 0.6 is 0 Å². The van der Waals surface area contributed by atoms with Gasteiger partial charge >= 0.3 is 0 Å². The predicted molar refractivity (Wildman–Crippen MR) is 146 cm³/mol. The maximum absolute atomic E-state index is 13.8. The van der Waals surface area contributed by atoms with Crippen LogP contribution in [0.5, 0.6) is 11.5 Å². The van der Waals surface area contributed by atoms with Crippen molar-refractivity contribution >= 4 is 25.5 Å². The third-order valence-electron chi connectivity index (χ3n) is 7.39. The molecule has 0 saturated carbocycles. The highest BCUT2D eigenvalue weighted by molar-refractivity contribution is 6.74. The van der Waals surface area contributed by atoms with Gasteiger partial charge in [0.15, 0.2) is 8.32 Å². The third kappa shape index (κ3) is 5.90. The molecule has 1 aliphatic rings. The number of hydrogen-bond donors (Lipinski definition) is 1. The second-order valence-electron chi connectivity index (χ2n) is 10.8. The lowest BCUT2D eigenvalue weighted by Crippen LogP contribution is -2.49. The second kappa shape index (κ2) is 10.5. The van der Waals surface area contributed by atoms with Gasteiger partial charge in [0.1, 0.15) is 11.5 Å². The molecule has 2 N–H and O–H groups in total. The number of hydrogen-bond acceptors (Lipinski definition) is 5. The van der Waals surface area contributed by atoms with Gasteiger partial charge in [-0.25, -0.2) is 0 Å². The van der Waals surface area contributed by atoms with Gasteiger partial charge in [-0.3, -0.25) is 4.79 Å². The molecule has 0 aliphatic carbocycles. The minimum Gasteiger partial charge on any atom is -0.497 e. The van der Waals surface area contributed by atoms with Crippen molar-refractivity contribution in [1.29, 1.82) is 0 Å². The maximum atomic E-state index is 13.8. The zero-order valence-electron chi connectivity index (χ0n) is 22.4. The third-order valence-corrected chi connectivity index (χ3v) is 11.9. The molecule has 6 nitrogen and oxygen atoms in total. The minimum absolute atomic E-state index is 0.0832. The van der Waals surface area contributed by atoms with E-state index in [0.717, 1.165) is 16.9 Å². The van der Waals surface area contributed by atoms with E-state index in [1.807, 2.05) is 24.0 Å². The summed E-state index contributed by atoms with van der Waals surface area (Å²) in [5, 5.41) is 0.0832. The molecule has 1 heterocycles. The van der Waals surface area contributed by atoms with Gasteiger partial charge < -0.3 is 24.5 Å². The lowest BCUT2D eigenvalue weighted by atomic mass is 9.93. The van der Waals surface area contributed by atoms with Crippen molar-refractivity contribution < 1.29 is 18.7 Å². The molecule has 3 rings (SSSR count). The van der Waals surface area contributed by atoms with Crippen LogP contribution in [-0.2, 0) is 4.43 Å². The summed E-state index contributed by atoms with van der Waals surface area (Å²) in [5.41, 5.74) is 10.5. The van der Waals surface area contributed by atoms with Crippen LogP contribution in [0.4, 0.5) is 5.69 Å². The van der Waals surface area contributed by atoms with E-state index in [1.165, 1.54) is 5.57 Å². The van der Waals surface area contributed by atoms with Crippen LogP contribution in [0.3, 0.4) is 0 Å². The second-order valence-corrected chi connectivity index (χ2v) is 15.6. The Morgan fingerprint density at radius 3 is 2.34 bits per heavy atom. The molecule has 0 spiro atoms. The van der Waals surface area contributed by atoms with Crippen molar-refractivity contribution in [3.8, 4) is 11.5 Å². The molecule has 7 heteroatoms. The highest BCUT2D eigenvalue weighted by Gasteiger charge is 2.39. The van der Waals surface area contributed by atoms with E-state index in [2.05, 4.69) is 52.1 Å². The number of rotatable bonds is 7. The van der Waals surface area contributed by atoms with Crippen LogP contribution in [0, 0.1) is 6.92 Å². The average molecular weight is 497 g/mol. The van der Waals surface area contributed by atoms with E-state index in [-0.39, 0.29) is 17.0 Å². The predicted octanol–water partition coefficient (Wildman–Crippen LogP) is 5.91. The van der Waals surface area contributed by atoms with E-state index in [1.54, 1.807) is 26.4 Å². The van der Waals surface area contributed by atoms with Gasteiger partial charge in [0, 0.05) is 12.2 Å². The van der Waals surface area contributed by atoms with Crippen LogP contribution < -0.4 is 15.2 Å². The van der Waals surface area contributed by atoms with Crippen LogP contribution in [0.15, 0.2) is 42.5 Å². The van der Waals surface area contributed by atoms with Crippen LogP contribution in [0.2, 0.25) is 18.1 Å². The summed E-state index contributed by atoms with van der Waals surface area (Å²) in [6, 6.07) is 11.5. The Hall–Kier alpha value is -2.77. The number of nitrogen functional groups attached to an aromatic ring is 1. The number of methoxy groups -OCH3 is 2. The minimum atomic E-state index is -2.00. The Kier molecular flexibility index (Phi) is 8.02. The first-order chi connectivity index (χ1) is 16.4. The molecule has 2 aromatic carbocycles. The lowest BCUT2D eigenvalue weighted by Gasteiger charge is -2.41. The zero-order valence-corrected chi connectivity index (χ0v) is 23.4. The Bertz CT molecular complexity index is 1090. The van der Waals surface area contributed by atoms with Crippen molar-refractivity contribution in [2.45, 2.75) is 58.3 Å². The first kappa shape index (κ1) is 26.8. The van der Waals surface area contributed by atoms with E-state index in [0.29, 0.717) is 36.6 Å². The van der Waals surface area contributed by atoms with E-state index in [9.17, 15) is 4.79 Å². The first-order valence-electron chi connectivity index (χ1n) is 12.1. The largest absolute Gasteiger partial charge is 0.497 e. The van der Waals surface area contributed by atoms with Crippen molar-refractivity contribution in [1.82, 2.24) is 4.90 Å². The lowest BCUT2D eigenvalue weighted by molar-refractivity contribution is 0.0628. The van der Waals surface area contributed by atoms with Crippen molar-refractivity contribution in [2.24, 2.45) is 0 Å². The molecule has 0 saturated heterocycles. The van der Waals surface area contributed by atoms with Crippen LogP contribution in [0.1, 0.15) is 48.7 Å². The molecule has 0 aromatic heterocycles. The summed E-state index contributed by atoms with van der Waals surface area (Å²) < 4.78 is 17.4. The molecule has 0 fully saturated rings. The van der Waals surface area contributed by atoms with Crippen molar-refractivity contribution in [2.75, 3.05) is 33.1 Å². The molecule has 35 heavy (non-hydrogen) atoms. The molecule has 0 unspecified atom stereocenters. The summed E-state index contributed by atoms with van der Waals surface area (Å²) in [4.78, 5) is 15.6. The zero-order chi connectivity index (χ0) is 26.0. The number of amides is 1. The van der Waals surface area contributed by atoms with Gasteiger partial charge in [0.05, 0.1) is 32.4 Å². The average Bonchev–Trinajstić information content (AvgIpc) is 2.81. The van der Waals surface area contributed by atoms with E-state index in [4.69, 9.17) is 19.6 Å². The van der Waals surface area contributed by atoms with Crippen molar-refractivity contribution in [3.63, 3.8) is 0 Å². The Morgan fingerprint density at radius 1 is 1.11 bits per heavy atom. The quantitative estimate of drug-likeness (QED) is 0.381. The molecule has 0 bridgehead atoms. The SMILES string of the molecule is COc1ccc(C2=CCN(C(=O)c3cc(OC)c(C)cc3N)[C@H](CO[Si](C)(C)C(C)(C)C)C2)cc1. The van der Waals surface area contributed by atoms with Gasteiger partial charge in [-0.15, -0.1) is 0 Å². The molecule has 1 aliphatic heterocycles. The molecule has 1 amide bonds. The van der Waals surface area contributed by atoms with Gasteiger partial charge in [0.2, 0.25) is 0 Å². The fourth-order valence-corrected chi connectivity index (χ4v) is 5.08. The number of carbonyl (C=O) groups excluding carboxylic acids is 1. The van der Waals surface area contributed by atoms with Gasteiger partial charge in [-0.1, -0.05) is 39.0 Å². The summed E-state index contributed by atoms with van der Waals surface area (Å²) in [6.45, 7) is 14.1. The monoisotopic (exact) mass is 496 g/mol. The number of ether oxygens (including phenoxy) is 2. The number of anilines is 1. The fourth-order valence-electron chi connectivity index (χ4n) is 4.03. The Labute approximate surface area is 211 Å². The first-order valence-corrected chi connectivity index (χ1v) is 15.0. The summed E-state index contributed by atoms with van der Waals surface area (Å²) in [5.74, 6) is 1.38. The van der Waals surface area contributed by atoms with E-state index < -0.39 is 8.32 Å². The molecule has 2 aromatic rings. The highest BCUT2D eigenvalue weighted by atomic mass is 28.4. The normalized spacial score (nSPS) is 16.6. The van der Waals surface area contributed by atoms with Crippen LogP contribution in [0.25, 0.3) is 5.57 Å². The smallest absolute Gasteiger partial charge is 0.256 e. The standard InChI is InChI=1S/C28H40N2O4Si/c1-19-15-25(29)24(17-26(19)33-6)27(31)30-14-13-21(20-9-11-23(32-5)12-10-20)16-22(30)18-34-35(7,8)28(2,3)4/h9-13,15,17,22H,14,16,18,29H2,1-8H3/t22-/m0/s1. The molecular formula is C28H40N2O4Si. The number of nitrogens with zero attached hydrogens (tertiary/aromatic N) is 1. The summed E-state index contributed by atoms with van der Waals surface area (Å²) in [6.07, 6.45) is 2.83. The molecule has 0 radical (unpaired) electrons. The van der Waals surface area contributed by atoms with Gasteiger partial charge in [0.25, 0.3) is 5.91 Å². The molecule has 1 atom stereocenters. The summed E-state index contributed by atoms with van der Waals surface area (Å²) in [7, 11) is 1.27. The fraction of sp³-hybridized carbons (Fsp3) is 0.464. The highest BCUT2D eigenvalue weighted by Crippen LogP contribution is 2.38. The molecular weight excluding hydrogens is 456 g/mol. The number of nitrogens with two attached hydrogens (primary N) is 1. The van der Waals surface area contributed by atoms with E-state index >= 15 is 0 Å². The van der Waals surface area contributed by atoms with Crippen molar-refractivity contribution in [3.05, 3.63) is 59.2 Å². The van der Waals surface area contributed by atoms with Gasteiger partial charge in [-0.2, -0.15) is 0 Å². The number of carbonyl (C=O) groups is 1. The van der Waals surface area contributed by atoms with Crippen LogP contribution in [-0.4, -0.2) is 52.5 Å². The topological polar surface area (TPSA) is 74.0 Å². The Balaban J connectivity index is 1.94. The van der Waals surface area contributed by atoms with Gasteiger partial charge in [-0.05, 0) is 72.4 Å². The summed E-state index contributed by atoms with van der Waals surface area (Å²) >= 11 is 0. The Morgan fingerprint density at radius 2 is 1.77 bits per heavy atom. The number of aryl methyl sites for hydroxylation is 1. The molecule has 190 valence electrons. The number of benzene rings is 2. The maximum Gasteiger partial charge on any atom is 0.256 e.